The van der Waals surface area contributed by atoms with Gasteiger partial charge in [-0.3, -0.25) is 4.79 Å². The number of thiazole rings is 1. The molecule has 0 saturated carbocycles. The standard InChI is InChI=1S/C26H23N3O3S/c1-17-7-6-10-20(15-17)24-25(21-11-13-27-22(16-21)28-18(2)30)33-23(29-24)12-14-32-26(31)19-8-4-3-5-9-19/h3-11,13,15-16H,12,14H2,1-2H3,(H,27,28,30). The van der Waals surface area contributed by atoms with Gasteiger partial charge in [-0.25, -0.2) is 14.8 Å². The van der Waals surface area contributed by atoms with Crippen LogP contribution in [0.4, 0.5) is 5.82 Å². The number of anilines is 1. The lowest BCUT2D eigenvalue weighted by Crippen LogP contribution is -2.07. The molecule has 166 valence electrons. The van der Waals surface area contributed by atoms with E-state index in [9.17, 15) is 9.59 Å². The molecule has 0 bridgehead atoms. The molecular formula is C26H23N3O3S. The number of hydrogen-bond donors (Lipinski definition) is 1. The number of nitrogens with zero attached hydrogens (tertiary/aromatic N) is 2. The monoisotopic (exact) mass is 457 g/mol. The fourth-order valence-corrected chi connectivity index (χ4v) is 4.43. The summed E-state index contributed by atoms with van der Waals surface area (Å²) in [5.41, 5.74) is 4.44. The Morgan fingerprint density at radius 3 is 2.58 bits per heavy atom. The average Bonchev–Trinajstić information content (AvgIpc) is 3.24. The van der Waals surface area contributed by atoms with Crippen LogP contribution in [0.5, 0.6) is 0 Å². The molecule has 2 heterocycles. The number of nitrogens with one attached hydrogen (secondary N) is 1. The predicted octanol–water partition coefficient (Wildman–Crippen LogP) is 5.54. The molecule has 0 unspecified atom stereocenters. The summed E-state index contributed by atoms with van der Waals surface area (Å²) in [4.78, 5) is 33.8. The molecule has 33 heavy (non-hydrogen) atoms. The van der Waals surface area contributed by atoms with Crippen molar-refractivity contribution in [3.8, 4) is 21.7 Å². The zero-order valence-corrected chi connectivity index (χ0v) is 19.2. The smallest absolute Gasteiger partial charge is 0.338 e. The first kappa shape index (κ1) is 22.4. The van der Waals surface area contributed by atoms with Gasteiger partial charge >= 0.3 is 5.97 Å². The number of benzene rings is 2. The zero-order valence-electron chi connectivity index (χ0n) is 18.4. The average molecular weight is 458 g/mol. The van der Waals surface area contributed by atoms with Crippen LogP contribution in [0, 0.1) is 6.92 Å². The number of aromatic nitrogens is 2. The lowest BCUT2D eigenvalue weighted by atomic mass is 10.1. The van der Waals surface area contributed by atoms with E-state index in [4.69, 9.17) is 9.72 Å². The van der Waals surface area contributed by atoms with Crippen LogP contribution in [0.3, 0.4) is 0 Å². The van der Waals surface area contributed by atoms with Crippen molar-refractivity contribution in [2.45, 2.75) is 20.3 Å². The molecule has 0 radical (unpaired) electrons. The minimum Gasteiger partial charge on any atom is -0.462 e. The van der Waals surface area contributed by atoms with Gasteiger partial charge in [-0.2, -0.15) is 0 Å². The van der Waals surface area contributed by atoms with Crippen LogP contribution < -0.4 is 5.32 Å². The van der Waals surface area contributed by atoms with Crippen molar-refractivity contribution in [2.75, 3.05) is 11.9 Å². The summed E-state index contributed by atoms with van der Waals surface area (Å²) in [5, 5.41) is 3.59. The summed E-state index contributed by atoms with van der Waals surface area (Å²) in [6.07, 6.45) is 2.17. The highest BCUT2D eigenvalue weighted by atomic mass is 32.1. The highest BCUT2D eigenvalue weighted by molar-refractivity contribution is 7.15. The molecule has 0 aliphatic heterocycles. The van der Waals surface area contributed by atoms with Crippen molar-refractivity contribution in [3.63, 3.8) is 0 Å². The van der Waals surface area contributed by atoms with Gasteiger partial charge in [-0.1, -0.05) is 42.0 Å². The van der Waals surface area contributed by atoms with E-state index in [1.54, 1.807) is 29.7 Å². The summed E-state index contributed by atoms with van der Waals surface area (Å²) in [7, 11) is 0. The van der Waals surface area contributed by atoms with E-state index in [0.717, 1.165) is 32.3 Å². The number of ether oxygens (including phenoxy) is 1. The van der Waals surface area contributed by atoms with E-state index in [1.165, 1.54) is 6.92 Å². The van der Waals surface area contributed by atoms with Crippen LogP contribution in [-0.2, 0) is 16.0 Å². The third kappa shape index (κ3) is 5.70. The number of esters is 1. The molecule has 2 aromatic heterocycles. The number of aryl methyl sites for hydroxylation is 1. The molecule has 0 saturated heterocycles. The Bertz CT molecular complexity index is 1280. The molecule has 0 fully saturated rings. The van der Waals surface area contributed by atoms with Gasteiger partial charge in [0.15, 0.2) is 0 Å². The molecule has 1 N–H and O–H groups in total. The van der Waals surface area contributed by atoms with E-state index in [1.807, 2.05) is 55.5 Å². The third-order valence-electron chi connectivity index (χ3n) is 4.85. The zero-order chi connectivity index (χ0) is 23.2. The first-order chi connectivity index (χ1) is 16.0. The van der Waals surface area contributed by atoms with Gasteiger partial charge in [0, 0.05) is 25.1 Å². The highest BCUT2D eigenvalue weighted by Gasteiger charge is 2.17. The van der Waals surface area contributed by atoms with Gasteiger partial charge < -0.3 is 10.1 Å². The van der Waals surface area contributed by atoms with Crippen LogP contribution >= 0.6 is 11.3 Å². The second-order valence-corrected chi connectivity index (χ2v) is 8.60. The molecule has 6 nitrogen and oxygen atoms in total. The van der Waals surface area contributed by atoms with Crippen molar-refractivity contribution < 1.29 is 14.3 Å². The molecule has 0 aliphatic rings. The molecule has 0 spiro atoms. The Morgan fingerprint density at radius 1 is 1.00 bits per heavy atom. The molecule has 2 aromatic carbocycles. The van der Waals surface area contributed by atoms with Gasteiger partial charge in [0.25, 0.3) is 0 Å². The first-order valence-electron chi connectivity index (χ1n) is 10.5. The maximum Gasteiger partial charge on any atom is 0.338 e. The number of pyridine rings is 1. The number of hydrogen-bond acceptors (Lipinski definition) is 6. The molecule has 4 aromatic rings. The molecule has 4 rings (SSSR count). The van der Waals surface area contributed by atoms with Crippen LogP contribution in [0.2, 0.25) is 0 Å². The van der Waals surface area contributed by atoms with Crippen molar-refractivity contribution in [2.24, 2.45) is 0 Å². The Hall–Kier alpha value is -3.84. The van der Waals surface area contributed by atoms with Crippen molar-refractivity contribution in [1.29, 1.82) is 0 Å². The molecule has 1 amide bonds. The summed E-state index contributed by atoms with van der Waals surface area (Å²) in [5.74, 6) is -0.0360. The van der Waals surface area contributed by atoms with Crippen molar-refractivity contribution >= 4 is 29.0 Å². The molecule has 0 atom stereocenters. The largest absolute Gasteiger partial charge is 0.462 e. The van der Waals surface area contributed by atoms with Gasteiger partial charge in [-0.15, -0.1) is 11.3 Å². The first-order valence-corrected chi connectivity index (χ1v) is 11.3. The minimum absolute atomic E-state index is 0.177. The second kappa shape index (κ2) is 10.2. The Labute approximate surface area is 196 Å². The summed E-state index contributed by atoms with van der Waals surface area (Å²) in [6.45, 7) is 3.73. The Morgan fingerprint density at radius 2 is 1.82 bits per heavy atom. The Kier molecular flexibility index (Phi) is 6.90. The Balaban J connectivity index is 1.60. The van der Waals surface area contributed by atoms with E-state index in [2.05, 4.69) is 16.4 Å². The lowest BCUT2D eigenvalue weighted by Gasteiger charge is -2.06. The van der Waals surface area contributed by atoms with Crippen LogP contribution in [0.1, 0.15) is 27.9 Å². The minimum atomic E-state index is -0.347. The second-order valence-electron chi connectivity index (χ2n) is 7.52. The van der Waals surface area contributed by atoms with E-state index >= 15 is 0 Å². The fraction of sp³-hybridized carbons (Fsp3) is 0.154. The topological polar surface area (TPSA) is 81.2 Å². The van der Waals surface area contributed by atoms with Gasteiger partial charge in [0.1, 0.15) is 5.82 Å². The number of carbonyl (C=O) groups excluding carboxylic acids is 2. The summed E-state index contributed by atoms with van der Waals surface area (Å²) < 4.78 is 5.44. The predicted molar refractivity (Wildman–Crippen MR) is 130 cm³/mol. The summed E-state index contributed by atoms with van der Waals surface area (Å²) in [6, 6.07) is 20.8. The molecular weight excluding hydrogens is 434 g/mol. The highest BCUT2D eigenvalue weighted by Crippen LogP contribution is 2.38. The van der Waals surface area contributed by atoms with E-state index < -0.39 is 0 Å². The van der Waals surface area contributed by atoms with Crippen molar-refractivity contribution in [1.82, 2.24) is 9.97 Å². The maximum atomic E-state index is 12.2. The normalized spacial score (nSPS) is 10.6. The van der Waals surface area contributed by atoms with Gasteiger partial charge in [0.05, 0.1) is 27.7 Å². The van der Waals surface area contributed by atoms with E-state index in [-0.39, 0.29) is 18.5 Å². The van der Waals surface area contributed by atoms with Crippen LogP contribution in [0.25, 0.3) is 21.7 Å². The molecule has 7 heteroatoms. The van der Waals surface area contributed by atoms with Gasteiger partial charge in [-0.05, 0) is 42.8 Å². The number of rotatable bonds is 7. The lowest BCUT2D eigenvalue weighted by molar-refractivity contribution is -0.114. The third-order valence-corrected chi connectivity index (χ3v) is 6.01. The molecule has 0 aliphatic carbocycles. The van der Waals surface area contributed by atoms with E-state index in [0.29, 0.717) is 17.8 Å². The quantitative estimate of drug-likeness (QED) is 0.369. The number of amides is 1. The SMILES string of the molecule is CC(=O)Nc1cc(-c2sc(CCOC(=O)c3ccccc3)nc2-c2cccc(C)c2)ccn1. The fourth-order valence-electron chi connectivity index (χ4n) is 3.36. The van der Waals surface area contributed by atoms with Crippen molar-refractivity contribution in [3.05, 3.63) is 89.1 Å². The van der Waals surface area contributed by atoms with Crippen LogP contribution in [-0.4, -0.2) is 28.5 Å². The maximum absolute atomic E-state index is 12.2. The van der Waals surface area contributed by atoms with Gasteiger partial charge in [0.2, 0.25) is 5.91 Å². The van der Waals surface area contributed by atoms with Crippen LogP contribution in [0.15, 0.2) is 72.9 Å². The number of carbonyl (C=O) groups is 2. The summed E-state index contributed by atoms with van der Waals surface area (Å²) >= 11 is 1.55.